The maximum Gasteiger partial charge on any atom is 0.343 e. The molecular weight excluding hydrogens is 394 g/mol. The highest BCUT2D eigenvalue weighted by Gasteiger charge is 2.22. The predicted octanol–water partition coefficient (Wildman–Crippen LogP) is 3.70. The van der Waals surface area contributed by atoms with E-state index in [9.17, 15) is 13.2 Å². The first-order valence-corrected chi connectivity index (χ1v) is 9.69. The standard InChI is InChI=1S/C17H18BrNO4S/c1-3-19(4-2)24(21,22)16-7-5-6-13(12-16)17(20)23-15-10-8-14(18)9-11-15/h5-12H,3-4H2,1-2H3. The van der Waals surface area contributed by atoms with Crippen LogP contribution in [0.3, 0.4) is 0 Å². The third-order valence-electron chi connectivity index (χ3n) is 3.44. The van der Waals surface area contributed by atoms with E-state index in [1.54, 1.807) is 38.1 Å². The smallest absolute Gasteiger partial charge is 0.343 e. The summed E-state index contributed by atoms with van der Waals surface area (Å²) in [4.78, 5) is 12.3. The van der Waals surface area contributed by atoms with Crippen molar-refractivity contribution in [3.8, 4) is 5.75 Å². The van der Waals surface area contributed by atoms with E-state index in [2.05, 4.69) is 15.9 Å². The van der Waals surface area contributed by atoms with Crippen LogP contribution in [0, 0.1) is 0 Å². The molecule has 0 aromatic heterocycles. The fraction of sp³-hybridized carbons (Fsp3) is 0.235. The molecule has 0 spiro atoms. The number of rotatable bonds is 6. The number of benzene rings is 2. The van der Waals surface area contributed by atoms with E-state index in [0.29, 0.717) is 18.8 Å². The zero-order chi connectivity index (χ0) is 17.7. The van der Waals surface area contributed by atoms with E-state index in [1.807, 2.05) is 0 Å². The van der Waals surface area contributed by atoms with Gasteiger partial charge in [-0.15, -0.1) is 0 Å². The maximum atomic E-state index is 12.5. The molecule has 5 nitrogen and oxygen atoms in total. The van der Waals surface area contributed by atoms with Crippen molar-refractivity contribution in [2.75, 3.05) is 13.1 Å². The van der Waals surface area contributed by atoms with Gasteiger partial charge in [0.25, 0.3) is 0 Å². The first-order chi connectivity index (χ1) is 11.4. The largest absolute Gasteiger partial charge is 0.423 e. The molecular formula is C17H18BrNO4S. The first kappa shape index (κ1) is 18.6. The number of hydrogen-bond acceptors (Lipinski definition) is 4. The average molecular weight is 412 g/mol. The summed E-state index contributed by atoms with van der Waals surface area (Å²) in [6.07, 6.45) is 0. The van der Waals surface area contributed by atoms with Crippen LogP contribution in [-0.2, 0) is 10.0 Å². The Morgan fingerprint density at radius 1 is 1.08 bits per heavy atom. The Morgan fingerprint density at radius 3 is 2.29 bits per heavy atom. The summed E-state index contributed by atoms with van der Waals surface area (Å²) in [5.74, 6) is -0.214. The second-order valence-electron chi connectivity index (χ2n) is 4.96. The lowest BCUT2D eigenvalue weighted by Gasteiger charge is -2.18. The Labute approximate surface area is 150 Å². The van der Waals surface area contributed by atoms with Crippen molar-refractivity contribution in [2.24, 2.45) is 0 Å². The Kier molecular flexibility index (Phi) is 6.15. The molecule has 0 aliphatic carbocycles. The van der Waals surface area contributed by atoms with E-state index < -0.39 is 16.0 Å². The number of esters is 1. The van der Waals surface area contributed by atoms with Crippen LogP contribution < -0.4 is 4.74 Å². The van der Waals surface area contributed by atoms with E-state index >= 15 is 0 Å². The summed E-state index contributed by atoms with van der Waals surface area (Å²) in [5.41, 5.74) is 0.186. The quantitative estimate of drug-likeness (QED) is 0.536. The molecule has 24 heavy (non-hydrogen) atoms. The van der Waals surface area contributed by atoms with Crippen LogP contribution in [0.25, 0.3) is 0 Å². The van der Waals surface area contributed by atoms with Gasteiger partial charge in [-0.25, -0.2) is 13.2 Å². The SMILES string of the molecule is CCN(CC)S(=O)(=O)c1cccc(C(=O)Oc2ccc(Br)cc2)c1. The molecule has 2 aromatic rings. The minimum absolute atomic E-state index is 0.0801. The van der Waals surface area contributed by atoms with Crippen molar-refractivity contribution < 1.29 is 17.9 Å². The van der Waals surface area contributed by atoms with Crippen molar-refractivity contribution in [3.63, 3.8) is 0 Å². The lowest BCUT2D eigenvalue weighted by molar-refractivity contribution is 0.0734. The fourth-order valence-electron chi connectivity index (χ4n) is 2.16. The van der Waals surface area contributed by atoms with Crippen LogP contribution >= 0.6 is 15.9 Å². The van der Waals surface area contributed by atoms with Crippen molar-refractivity contribution in [2.45, 2.75) is 18.7 Å². The summed E-state index contributed by atoms with van der Waals surface area (Å²) in [5, 5.41) is 0. The molecule has 0 saturated heterocycles. The van der Waals surface area contributed by atoms with Crippen LogP contribution in [-0.4, -0.2) is 31.8 Å². The van der Waals surface area contributed by atoms with Gasteiger partial charge in [-0.05, 0) is 42.5 Å². The Balaban J connectivity index is 2.26. The van der Waals surface area contributed by atoms with Crippen LogP contribution in [0.5, 0.6) is 5.75 Å². The minimum Gasteiger partial charge on any atom is -0.423 e. The second-order valence-corrected chi connectivity index (χ2v) is 7.81. The van der Waals surface area contributed by atoms with Gasteiger partial charge < -0.3 is 4.74 Å². The zero-order valence-corrected chi connectivity index (χ0v) is 15.8. The molecule has 2 rings (SSSR count). The van der Waals surface area contributed by atoms with Gasteiger partial charge in [-0.1, -0.05) is 35.8 Å². The molecule has 0 amide bonds. The molecule has 0 fully saturated rings. The first-order valence-electron chi connectivity index (χ1n) is 7.46. The molecule has 128 valence electrons. The molecule has 0 unspecified atom stereocenters. The average Bonchev–Trinajstić information content (AvgIpc) is 2.58. The molecule has 7 heteroatoms. The molecule has 0 atom stereocenters. The summed E-state index contributed by atoms with van der Waals surface area (Å²) in [6.45, 7) is 4.28. The van der Waals surface area contributed by atoms with Crippen LogP contribution in [0.2, 0.25) is 0 Å². The maximum absolute atomic E-state index is 12.5. The molecule has 0 aliphatic heterocycles. The number of hydrogen-bond donors (Lipinski definition) is 0. The van der Waals surface area contributed by atoms with E-state index in [0.717, 1.165) is 4.47 Å². The Bertz CT molecular complexity index is 815. The second kappa shape index (κ2) is 7.92. The van der Waals surface area contributed by atoms with Gasteiger partial charge in [0.2, 0.25) is 10.0 Å². The topological polar surface area (TPSA) is 63.7 Å². The summed E-state index contributed by atoms with van der Waals surface area (Å²) < 4.78 is 32.5. The lowest BCUT2D eigenvalue weighted by Crippen LogP contribution is -2.30. The molecule has 0 saturated carbocycles. The molecule has 0 N–H and O–H groups in total. The minimum atomic E-state index is -3.62. The number of ether oxygens (including phenoxy) is 1. The number of sulfonamides is 1. The molecule has 0 radical (unpaired) electrons. The van der Waals surface area contributed by atoms with E-state index in [1.165, 1.54) is 28.6 Å². The summed E-state index contributed by atoms with van der Waals surface area (Å²) >= 11 is 3.30. The van der Waals surface area contributed by atoms with Gasteiger partial charge in [0.1, 0.15) is 5.75 Å². The summed E-state index contributed by atoms with van der Waals surface area (Å²) in [7, 11) is -3.62. The van der Waals surface area contributed by atoms with Crippen LogP contribution in [0.1, 0.15) is 24.2 Å². The highest BCUT2D eigenvalue weighted by atomic mass is 79.9. The van der Waals surface area contributed by atoms with Crippen molar-refractivity contribution in [3.05, 3.63) is 58.6 Å². The Morgan fingerprint density at radius 2 is 1.71 bits per heavy atom. The molecule has 0 bridgehead atoms. The monoisotopic (exact) mass is 411 g/mol. The number of nitrogens with zero attached hydrogens (tertiary/aromatic N) is 1. The molecule has 0 heterocycles. The van der Waals surface area contributed by atoms with E-state index in [-0.39, 0.29) is 10.5 Å². The fourth-order valence-corrected chi connectivity index (χ4v) is 3.93. The van der Waals surface area contributed by atoms with Crippen molar-refractivity contribution >= 4 is 31.9 Å². The summed E-state index contributed by atoms with van der Waals surface area (Å²) in [6, 6.07) is 12.7. The van der Waals surface area contributed by atoms with Gasteiger partial charge in [0.15, 0.2) is 0 Å². The van der Waals surface area contributed by atoms with Gasteiger partial charge in [-0.2, -0.15) is 4.31 Å². The normalized spacial score (nSPS) is 11.5. The third-order valence-corrected chi connectivity index (χ3v) is 6.01. The third kappa shape index (κ3) is 4.23. The molecule has 0 aliphatic rings. The van der Waals surface area contributed by atoms with Crippen LogP contribution in [0.4, 0.5) is 0 Å². The highest BCUT2D eigenvalue weighted by molar-refractivity contribution is 9.10. The van der Waals surface area contributed by atoms with Crippen molar-refractivity contribution in [1.82, 2.24) is 4.31 Å². The molecule has 2 aromatic carbocycles. The zero-order valence-electron chi connectivity index (χ0n) is 13.4. The number of halogens is 1. The van der Waals surface area contributed by atoms with Crippen LogP contribution in [0.15, 0.2) is 57.9 Å². The van der Waals surface area contributed by atoms with Crippen molar-refractivity contribution in [1.29, 1.82) is 0 Å². The van der Waals surface area contributed by atoms with Gasteiger partial charge in [-0.3, -0.25) is 0 Å². The number of carbonyl (C=O) groups excluding carboxylic acids is 1. The lowest BCUT2D eigenvalue weighted by atomic mass is 10.2. The number of carbonyl (C=O) groups is 1. The van der Waals surface area contributed by atoms with Gasteiger partial charge >= 0.3 is 5.97 Å². The van der Waals surface area contributed by atoms with Gasteiger partial charge in [0, 0.05) is 17.6 Å². The highest BCUT2D eigenvalue weighted by Crippen LogP contribution is 2.20. The predicted molar refractivity (Wildman–Crippen MR) is 95.6 cm³/mol. The Hall–Kier alpha value is -1.70. The van der Waals surface area contributed by atoms with Gasteiger partial charge in [0.05, 0.1) is 10.5 Å². The van der Waals surface area contributed by atoms with E-state index in [4.69, 9.17) is 4.74 Å².